The van der Waals surface area contributed by atoms with Crippen molar-refractivity contribution < 1.29 is 14.3 Å². The molecule has 7 heteroatoms. The quantitative estimate of drug-likeness (QED) is 0.859. The number of carbonyl (C=O) groups excluding carboxylic acids is 1. The Labute approximate surface area is 155 Å². The zero-order chi connectivity index (χ0) is 18.3. The van der Waals surface area contributed by atoms with Gasteiger partial charge in [-0.25, -0.2) is 14.2 Å². The van der Waals surface area contributed by atoms with E-state index in [1.807, 2.05) is 6.07 Å². The molecule has 0 aliphatic carbocycles. The van der Waals surface area contributed by atoms with E-state index >= 15 is 0 Å². The third-order valence-electron chi connectivity index (χ3n) is 4.73. The predicted octanol–water partition coefficient (Wildman–Crippen LogP) is 4.16. The van der Waals surface area contributed by atoms with Crippen LogP contribution >= 0.6 is 11.6 Å². The van der Waals surface area contributed by atoms with Crippen molar-refractivity contribution in [3.05, 3.63) is 64.4 Å². The summed E-state index contributed by atoms with van der Waals surface area (Å²) in [6.07, 6.45) is 1.32. The van der Waals surface area contributed by atoms with E-state index in [0.717, 1.165) is 12.0 Å². The number of urea groups is 1. The number of likely N-dealkylation sites (tertiary alicyclic amines) is 1. The molecule has 26 heavy (non-hydrogen) atoms. The molecule has 134 valence electrons. The van der Waals surface area contributed by atoms with Crippen LogP contribution in [0.3, 0.4) is 0 Å². The van der Waals surface area contributed by atoms with Crippen molar-refractivity contribution in [2.75, 3.05) is 13.1 Å². The fourth-order valence-corrected chi connectivity index (χ4v) is 3.38. The summed E-state index contributed by atoms with van der Waals surface area (Å²) >= 11 is 6.01. The first kappa shape index (κ1) is 16.8. The molecular weight excluding hydrogens is 357 g/mol. The molecule has 2 aromatic carbocycles. The molecule has 0 bridgehead atoms. The lowest BCUT2D eigenvalue weighted by Gasteiger charge is -2.35. The fraction of sp³-hybridized carbons (Fsp3) is 0.263. The molecule has 5 nitrogen and oxygen atoms in total. The van der Waals surface area contributed by atoms with Crippen LogP contribution < -0.4 is 0 Å². The first-order valence-electron chi connectivity index (χ1n) is 8.43. The van der Waals surface area contributed by atoms with E-state index in [1.165, 1.54) is 23.2 Å². The zero-order valence-electron chi connectivity index (χ0n) is 13.9. The summed E-state index contributed by atoms with van der Waals surface area (Å²) in [7, 11) is 0. The van der Waals surface area contributed by atoms with Crippen molar-refractivity contribution in [1.29, 1.82) is 0 Å². The number of aromatic hydroxyl groups is 1. The van der Waals surface area contributed by atoms with Crippen molar-refractivity contribution in [2.24, 2.45) is 5.10 Å². The molecule has 1 atom stereocenters. The van der Waals surface area contributed by atoms with Gasteiger partial charge < -0.3 is 10.0 Å². The van der Waals surface area contributed by atoms with E-state index in [0.29, 0.717) is 35.8 Å². The van der Waals surface area contributed by atoms with Crippen LogP contribution in [-0.2, 0) is 0 Å². The largest absolute Gasteiger partial charge is 0.508 e. The van der Waals surface area contributed by atoms with E-state index in [4.69, 9.17) is 11.6 Å². The minimum Gasteiger partial charge on any atom is -0.508 e. The molecule has 0 radical (unpaired) electrons. The second-order valence-corrected chi connectivity index (χ2v) is 6.89. The van der Waals surface area contributed by atoms with Gasteiger partial charge in [0.05, 0.1) is 11.8 Å². The highest BCUT2D eigenvalue weighted by atomic mass is 35.5. The number of phenols is 1. The first-order chi connectivity index (χ1) is 12.5. The van der Waals surface area contributed by atoms with Gasteiger partial charge in [0.1, 0.15) is 11.6 Å². The van der Waals surface area contributed by atoms with Crippen molar-refractivity contribution in [3.63, 3.8) is 0 Å². The van der Waals surface area contributed by atoms with Gasteiger partial charge >= 0.3 is 6.03 Å². The highest BCUT2D eigenvalue weighted by Crippen LogP contribution is 2.36. The lowest BCUT2D eigenvalue weighted by atomic mass is 9.98. The Bertz CT molecular complexity index is 898. The van der Waals surface area contributed by atoms with Gasteiger partial charge in [0.2, 0.25) is 0 Å². The van der Waals surface area contributed by atoms with Gasteiger partial charge in [-0.3, -0.25) is 0 Å². The number of hydrogen-bond acceptors (Lipinski definition) is 3. The number of amides is 2. The number of phenolic OH excluding ortho intramolecular Hbond substituents is 1. The maximum atomic E-state index is 14.3. The molecule has 2 aliphatic rings. The number of benzene rings is 2. The Balaban J connectivity index is 1.72. The van der Waals surface area contributed by atoms with Crippen LogP contribution in [0.4, 0.5) is 9.18 Å². The summed E-state index contributed by atoms with van der Waals surface area (Å²) in [6, 6.07) is 10.4. The van der Waals surface area contributed by atoms with Gasteiger partial charge in [0, 0.05) is 30.1 Å². The number of halogens is 2. The number of hydrazone groups is 1. The summed E-state index contributed by atoms with van der Waals surface area (Å²) in [4.78, 5) is 14.5. The Kier molecular flexibility index (Phi) is 4.28. The third kappa shape index (κ3) is 3.01. The highest BCUT2D eigenvalue weighted by Gasteiger charge is 2.37. The van der Waals surface area contributed by atoms with Crippen LogP contribution in [0.25, 0.3) is 0 Å². The molecular formula is C19H17ClFN3O2. The Morgan fingerprint density at radius 3 is 2.73 bits per heavy atom. The van der Waals surface area contributed by atoms with E-state index in [9.17, 15) is 14.3 Å². The average molecular weight is 374 g/mol. The van der Waals surface area contributed by atoms with Gasteiger partial charge in [0.25, 0.3) is 0 Å². The number of carbonyl (C=O) groups is 1. The Morgan fingerprint density at radius 2 is 2.04 bits per heavy atom. The van der Waals surface area contributed by atoms with Crippen LogP contribution in [0.1, 0.15) is 30.0 Å². The fourth-order valence-electron chi connectivity index (χ4n) is 3.21. The smallest absolute Gasteiger partial charge is 0.341 e. The summed E-state index contributed by atoms with van der Waals surface area (Å²) < 4.78 is 14.3. The predicted molar refractivity (Wildman–Crippen MR) is 96.8 cm³/mol. The normalized spacial score (nSPS) is 19.3. The van der Waals surface area contributed by atoms with Gasteiger partial charge in [-0.15, -0.1) is 0 Å². The van der Waals surface area contributed by atoms with Crippen molar-refractivity contribution in [3.8, 4) is 5.75 Å². The standard InChI is InChI=1S/C19H17ClFN3O2/c20-13-5-6-16(21)15(10-13)17-11-18(12-3-1-4-14(25)9-12)24(22-17)19(26)23-7-2-8-23/h1,3-6,9-10,18,25H,2,7-8,11H2. The Hall–Kier alpha value is -2.60. The molecule has 2 aliphatic heterocycles. The van der Waals surface area contributed by atoms with Gasteiger partial charge in [-0.2, -0.15) is 5.10 Å². The molecule has 2 heterocycles. The van der Waals surface area contributed by atoms with E-state index < -0.39 is 11.9 Å². The van der Waals surface area contributed by atoms with Crippen molar-refractivity contribution in [1.82, 2.24) is 9.91 Å². The average Bonchev–Trinajstić information content (AvgIpc) is 3.00. The number of rotatable bonds is 2. The number of nitrogens with zero attached hydrogens (tertiary/aromatic N) is 3. The van der Waals surface area contributed by atoms with Crippen LogP contribution in [0, 0.1) is 5.82 Å². The Morgan fingerprint density at radius 1 is 1.23 bits per heavy atom. The molecule has 2 aromatic rings. The molecule has 0 aromatic heterocycles. The molecule has 2 amide bonds. The maximum absolute atomic E-state index is 14.3. The summed E-state index contributed by atoms with van der Waals surface area (Å²) in [5.41, 5.74) is 1.51. The summed E-state index contributed by atoms with van der Waals surface area (Å²) in [5.74, 6) is -0.317. The van der Waals surface area contributed by atoms with Gasteiger partial charge in [-0.1, -0.05) is 23.7 Å². The van der Waals surface area contributed by atoms with Gasteiger partial charge in [-0.05, 0) is 42.3 Å². The van der Waals surface area contributed by atoms with E-state index in [2.05, 4.69) is 5.10 Å². The third-order valence-corrected chi connectivity index (χ3v) is 4.96. The topological polar surface area (TPSA) is 56.1 Å². The van der Waals surface area contributed by atoms with Gasteiger partial charge in [0.15, 0.2) is 0 Å². The SMILES string of the molecule is O=C(N1CCC1)N1N=C(c2cc(Cl)ccc2F)CC1c1cccc(O)c1. The van der Waals surface area contributed by atoms with Crippen LogP contribution in [0.2, 0.25) is 5.02 Å². The molecule has 4 rings (SSSR count). The number of hydrogen-bond donors (Lipinski definition) is 1. The summed E-state index contributed by atoms with van der Waals surface area (Å²) in [5, 5.41) is 16.0. The minimum atomic E-state index is -0.430. The molecule has 0 spiro atoms. The molecule has 1 N–H and O–H groups in total. The first-order valence-corrected chi connectivity index (χ1v) is 8.81. The molecule has 0 saturated carbocycles. The molecule has 1 unspecified atom stereocenters. The molecule has 1 fully saturated rings. The lowest BCUT2D eigenvalue weighted by Crippen LogP contribution is -2.48. The van der Waals surface area contributed by atoms with E-state index in [1.54, 1.807) is 23.1 Å². The van der Waals surface area contributed by atoms with Crippen LogP contribution in [0.15, 0.2) is 47.6 Å². The highest BCUT2D eigenvalue weighted by molar-refractivity contribution is 6.31. The monoisotopic (exact) mass is 373 g/mol. The van der Waals surface area contributed by atoms with Crippen LogP contribution in [0.5, 0.6) is 5.75 Å². The maximum Gasteiger partial charge on any atom is 0.341 e. The van der Waals surface area contributed by atoms with Crippen molar-refractivity contribution >= 4 is 23.3 Å². The van der Waals surface area contributed by atoms with E-state index in [-0.39, 0.29) is 11.8 Å². The summed E-state index contributed by atoms with van der Waals surface area (Å²) in [6.45, 7) is 1.39. The minimum absolute atomic E-state index is 0.112. The van der Waals surface area contributed by atoms with Crippen molar-refractivity contribution in [2.45, 2.75) is 18.9 Å². The lowest BCUT2D eigenvalue weighted by molar-refractivity contribution is 0.117. The zero-order valence-corrected chi connectivity index (χ0v) is 14.7. The van der Waals surface area contributed by atoms with Crippen LogP contribution in [-0.4, -0.2) is 39.8 Å². The second kappa shape index (κ2) is 6.61. The second-order valence-electron chi connectivity index (χ2n) is 6.45. The molecule has 1 saturated heterocycles.